The highest BCUT2D eigenvalue weighted by Gasteiger charge is 2.25. The molecular formula is C9H14Br2O4. The van der Waals surface area contributed by atoms with Crippen molar-refractivity contribution in [2.45, 2.75) is 29.9 Å². The summed E-state index contributed by atoms with van der Waals surface area (Å²) in [4.78, 5) is 21.4. The maximum Gasteiger partial charge on any atom is 0.319 e. The molecule has 0 amide bonds. The van der Waals surface area contributed by atoms with Gasteiger partial charge in [-0.1, -0.05) is 31.9 Å². The Morgan fingerprint density at radius 1 is 1.00 bits per heavy atom. The number of halogens is 2. The Labute approximate surface area is 106 Å². The first-order valence-electron chi connectivity index (χ1n) is 4.64. The summed E-state index contributed by atoms with van der Waals surface area (Å²) in [5.41, 5.74) is 0. The van der Waals surface area contributed by atoms with Gasteiger partial charge in [0.2, 0.25) is 0 Å². The molecule has 0 aromatic carbocycles. The number of carbonyl (C=O) groups is 2. The van der Waals surface area contributed by atoms with Crippen LogP contribution in [0.4, 0.5) is 0 Å². The highest BCUT2D eigenvalue weighted by Crippen LogP contribution is 2.17. The SMILES string of the molecule is CCOC(=O)C(Br)CC(Br)C(=O)OCC. The zero-order valence-electron chi connectivity index (χ0n) is 8.66. The van der Waals surface area contributed by atoms with Gasteiger partial charge in [-0.2, -0.15) is 0 Å². The molecule has 0 saturated heterocycles. The maximum absolute atomic E-state index is 11.2. The highest BCUT2D eigenvalue weighted by molar-refractivity contribution is 9.10. The molecule has 0 aliphatic heterocycles. The molecule has 2 atom stereocenters. The number of rotatable bonds is 6. The van der Waals surface area contributed by atoms with Crippen molar-refractivity contribution in [1.29, 1.82) is 0 Å². The number of ether oxygens (including phenoxy) is 2. The third-order valence-corrected chi connectivity index (χ3v) is 2.99. The Kier molecular flexibility index (Phi) is 8.04. The van der Waals surface area contributed by atoms with Gasteiger partial charge >= 0.3 is 11.9 Å². The van der Waals surface area contributed by atoms with Crippen molar-refractivity contribution in [2.24, 2.45) is 0 Å². The van der Waals surface area contributed by atoms with Crippen LogP contribution in [0.5, 0.6) is 0 Å². The van der Waals surface area contributed by atoms with Crippen LogP contribution in [0, 0.1) is 0 Å². The Morgan fingerprint density at radius 2 is 1.33 bits per heavy atom. The molecule has 0 heterocycles. The second kappa shape index (κ2) is 8.10. The molecule has 0 aliphatic rings. The van der Waals surface area contributed by atoms with Crippen LogP contribution in [0.3, 0.4) is 0 Å². The first-order chi connectivity index (χ1) is 7.02. The van der Waals surface area contributed by atoms with Crippen LogP contribution in [-0.2, 0) is 19.1 Å². The van der Waals surface area contributed by atoms with Gasteiger partial charge in [-0.3, -0.25) is 9.59 Å². The van der Waals surface area contributed by atoms with E-state index in [-0.39, 0.29) is 11.9 Å². The quantitative estimate of drug-likeness (QED) is 0.546. The van der Waals surface area contributed by atoms with Gasteiger partial charge in [-0.05, 0) is 20.3 Å². The smallest absolute Gasteiger partial charge is 0.319 e. The van der Waals surface area contributed by atoms with E-state index in [9.17, 15) is 9.59 Å². The van der Waals surface area contributed by atoms with Crippen molar-refractivity contribution < 1.29 is 19.1 Å². The van der Waals surface area contributed by atoms with Crippen molar-refractivity contribution >= 4 is 43.8 Å². The largest absolute Gasteiger partial charge is 0.465 e. The summed E-state index contributed by atoms with van der Waals surface area (Å²) >= 11 is 6.30. The average Bonchev–Trinajstić information content (AvgIpc) is 2.18. The molecule has 15 heavy (non-hydrogen) atoms. The first kappa shape index (κ1) is 14.9. The average molecular weight is 346 g/mol. The van der Waals surface area contributed by atoms with Gasteiger partial charge in [0.05, 0.1) is 13.2 Å². The number of carbonyl (C=O) groups excluding carboxylic acids is 2. The fourth-order valence-electron chi connectivity index (χ4n) is 0.839. The Morgan fingerprint density at radius 3 is 1.60 bits per heavy atom. The number of alkyl halides is 2. The van der Waals surface area contributed by atoms with Crippen LogP contribution >= 0.6 is 31.9 Å². The summed E-state index contributed by atoms with van der Waals surface area (Å²) in [6.45, 7) is 4.11. The van der Waals surface area contributed by atoms with E-state index >= 15 is 0 Å². The van der Waals surface area contributed by atoms with E-state index < -0.39 is 9.65 Å². The predicted octanol–water partition coefficient (Wildman–Crippen LogP) is 2.03. The summed E-state index contributed by atoms with van der Waals surface area (Å²) in [7, 11) is 0. The van der Waals surface area contributed by atoms with Crippen LogP contribution in [0.15, 0.2) is 0 Å². The molecule has 0 saturated carbocycles. The van der Waals surface area contributed by atoms with E-state index in [2.05, 4.69) is 31.9 Å². The van der Waals surface area contributed by atoms with Crippen molar-refractivity contribution in [1.82, 2.24) is 0 Å². The topological polar surface area (TPSA) is 52.6 Å². The molecule has 2 unspecified atom stereocenters. The number of esters is 2. The molecular weight excluding hydrogens is 332 g/mol. The van der Waals surface area contributed by atoms with E-state index in [1.54, 1.807) is 13.8 Å². The van der Waals surface area contributed by atoms with Crippen LogP contribution < -0.4 is 0 Å². The van der Waals surface area contributed by atoms with Crippen molar-refractivity contribution in [3.63, 3.8) is 0 Å². The molecule has 0 N–H and O–H groups in total. The maximum atomic E-state index is 11.2. The summed E-state index contributed by atoms with van der Waals surface area (Å²) in [5, 5.41) is 0. The fourth-order valence-corrected chi connectivity index (χ4v) is 2.35. The lowest BCUT2D eigenvalue weighted by Gasteiger charge is -2.12. The van der Waals surface area contributed by atoms with Gasteiger partial charge in [0.15, 0.2) is 0 Å². The monoisotopic (exact) mass is 344 g/mol. The standard InChI is InChI=1S/C9H14Br2O4/c1-3-14-8(12)6(10)5-7(11)9(13)15-4-2/h6-7H,3-5H2,1-2H3. The zero-order valence-corrected chi connectivity index (χ0v) is 11.8. The number of hydrogen-bond acceptors (Lipinski definition) is 4. The lowest BCUT2D eigenvalue weighted by Crippen LogP contribution is -2.26. The summed E-state index contributed by atoms with van der Waals surface area (Å²) < 4.78 is 9.57. The van der Waals surface area contributed by atoms with E-state index in [1.807, 2.05) is 0 Å². The van der Waals surface area contributed by atoms with Crippen molar-refractivity contribution in [3.8, 4) is 0 Å². The minimum absolute atomic E-state index is 0.303. The molecule has 6 heteroatoms. The molecule has 0 aromatic rings. The van der Waals surface area contributed by atoms with E-state index in [0.29, 0.717) is 19.6 Å². The van der Waals surface area contributed by atoms with Crippen molar-refractivity contribution in [2.75, 3.05) is 13.2 Å². The van der Waals surface area contributed by atoms with Gasteiger partial charge in [0.25, 0.3) is 0 Å². The summed E-state index contributed by atoms with van der Waals surface area (Å²) in [6.07, 6.45) is 0.303. The normalized spacial score (nSPS) is 14.1. The Bertz CT molecular complexity index is 198. The van der Waals surface area contributed by atoms with Crippen molar-refractivity contribution in [3.05, 3.63) is 0 Å². The van der Waals surface area contributed by atoms with Gasteiger partial charge in [-0.15, -0.1) is 0 Å². The molecule has 0 rings (SSSR count). The van der Waals surface area contributed by atoms with Crippen LogP contribution in [0.1, 0.15) is 20.3 Å². The molecule has 0 fully saturated rings. The molecule has 4 nitrogen and oxygen atoms in total. The third kappa shape index (κ3) is 6.14. The van der Waals surface area contributed by atoms with Crippen LogP contribution in [-0.4, -0.2) is 34.8 Å². The van der Waals surface area contributed by atoms with E-state index in [0.717, 1.165) is 0 Å². The molecule has 0 aliphatic carbocycles. The van der Waals surface area contributed by atoms with Gasteiger partial charge in [0, 0.05) is 0 Å². The fraction of sp³-hybridized carbons (Fsp3) is 0.778. The second-order valence-corrected chi connectivity index (χ2v) is 4.89. The lowest BCUT2D eigenvalue weighted by molar-refractivity contribution is -0.143. The predicted molar refractivity (Wildman–Crippen MR) is 63.3 cm³/mol. The molecule has 88 valence electrons. The molecule has 0 spiro atoms. The van der Waals surface area contributed by atoms with E-state index in [4.69, 9.17) is 9.47 Å². The molecule has 0 bridgehead atoms. The highest BCUT2D eigenvalue weighted by atomic mass is 79.9. The number of hydrogen-bond donors (Lipinski definition) is 0. The summed E-state index contributed by atoms with van der Waals surface area (Å²) in [6, 6.07) is 0. The van der Waals surface area contributed by atoms with Gasteiger partial charge < -0.3 is 9.47 Å². The van der Waals surface area contributed by atoms with Gasteiger partial charge in [-0.25, -0.2) is 0 Å². The second-order valence-electron chi connectivity index (χ2n) is 2.67. The third-order valence-electron chi connectivity index (χ3n) is 1.50. The minimum Gasteiger partial charge on any atom is -0.465 e. The zero-order chi connectivity index (χ0) is 11.8. The van der Waals surface area contributed by atoms with E-state index in [1.165, 1.54) is 0 Å². The lowest BCUT2D eigenvalue weighted by atomic mass is 10.2. The Balaban J connectivity index is 3.99. The van der Waals surface area contributed by atoms with Gasteiger partial charge in [0.1, 0.15) is 9.65 Å². The Hall–Kier alpha value is -0.100. The molecule has 0 aromatic heterocycles. The van der Waals surface area contributed by atoms with Crippen LogP contribution in [0.2, 0.25) is 0 Å². The molecule has 0 radical (unpaired) electrons. The minimum atomic E-state index is -0.494. The first-order valence-corrected chi connectivity index (χ1v) is 6.47. The summed E-state index contributed by atoms with van der Waals surface area (Å²) in [5.74, 6) is -0.738. The van der Waals surface area contributed by atoms with Crippen LogP contribution in [0.25, 0.3) is 0 Å².